The predicted octanol–water partition coefficient (Wildman–Crippen LogP) is 5.12. The van der Waals surface area contributed by atoms with Gasteiger partial charge in [-0.1, -0.05) is 12.1 Å². The van der Waals surface area contributed by atoms with E-state index in [2.05, 4.69) is 0 Å². The maximum Gasteiger partial charge on any atom is 0.227 e. The largest absolute Gasteiger partial charge is 0.497 e. The fourth-order valence-electron chi connectivity index (χ4n) is 5.76. The summed E-state index contributed by atoms with van der Waals surface area (Å²) in [4.78, 5) is 30.0. The Kier molecular flexibility index (Phi) is 8.14. The molecule has 0 bridgehead atoms. The van der Waals surface area contributed by atoms with Crippen LogP contribution >= 0.6 is 0 Å². The van der Waals surface area contributed by atoms with Crippen LogP contribution in [0.2, 0.25) is 0 Å². The van der Waals surface area contributed by atoms with E-state index in [1.165, 1.54) is 33.8 Å². The highest BCUT2D eigenvalue weighted by atomic mass is 19.1. The van der Waals surface area contributed by atoms with Gasteiger partial charge in [0.15, 0.2) is 11.6 Å². The van der Waals surface area contributed by atoms with Gasteiger partial charge in [-0.05, 0) is 49.1 Å². The molecule has 42 heavy (non-hydrogen) atoms. The van der Waals surface area contributed by atoms with E-state index in [1.54, 1.807) is 31.4 Å². The van der Waals surface area contributed by atoms with Gasteiger partial charge in [0.2, 0.25) is 11.8 Å². The molecule has 0 spiro atoms. The Morgan fingerprint density at radius 1 is 0.952 bits per heavy atom. The zero-order chi connectivity index (χ0) is 30.2. The van der Waals surface area contributed by atoms with Crippen molar-refractivity contribution in [3.63, 3.8) is 0 Å². The van der Waals surface area contributed by atoms with Crippen LogP contribution in [0, 0.1) is 23.3 Å². The van der Waals surface area contributed by atoms with Gasteiger partial charge in [0.25, 0.3) is 0 Å². The molecule has 0 radical (unpaired) electrons. The van der Waals surface area contributed by atoms with Crippen LogP contribution in [-0.2, 0) is 22.6 Å². The summed E-state index contributed by atoms with van der Waals surface area (Å²) in [5.74, 6) is -3.69. The third kappa shape index (κ3) is 5.78. The van der Waals surface area contributed by atoms with Crippen LogP contribution < -0.4 is 19.4 Å². The zero-order valence-electron chi connectivity index (χ0n) is 23.3. The number of ether oxygens (including phenoxy) is 1. The summed E-state index contributed by atoms with van der Waals surface area (Å²) in [6.07, 6.45) is 0.454. The molecule has 1 fully saturated rings. The van der Waals surface area contributed by atoms with Crippen molar-refractivity contribution in [3.05, 3.63) is 82.9 Å². The van der Waals surface area contributed by atoms with Crippen LogP contribution in [0.3, 0.4) is 0 Å². The van der Waals surface area contributed by atoms with Gasteiger partial charge in [0.1, 0.15) is 23.1 Å². The van der Waals surface area contributed by atoms with Crippen molar-refractivity contribution >= 4 is 28.9 Å². The number of aliphatic hydroxyl groups is 1. The maximum atomic E-state index is 15.3. The van der Waals surface area contributed by atoms with Crippen LogP contribution in [0.5, 0.6) is 5.75 Å². The number of halogens is 4. The molecule has 2 amide bonds. The average Bonchev–Trinajstić information content (AvgIpc) is 2.94. The number of anilines is 3. The molecule has 2 heterocycles. The summed E-state index contributed by atoms with van der Waals surface area (Å²) in [5, 5.41) is 11.5. The number of nitrogens with zero attached hydrogens (tertiary/aromatic N) is 3. The molecule has 0 saturated carbocycles. The second kappa shape index (κ2) is 11.6. The van der Waals surface area contributed by atoms with E-state index in [0.29, 0.717) is 29.1 Å². The number of piperidine rings is 1. The molecule has 5 rings (SSSR count). The highest BCUT2D eigenvalue weighted by molar-refractivity contribution is 6.00. The number of methoxy groups -OCH3 is 1. The molecule has 0 aromatic heterocycles. The van der Waals surface area contributed by atoms with Crippen molar-refractivity contribution in [1.82, 2.24) is 0 Å². The monoisotopic (exact) mass is 585 g/mol. The molecule has 1 saturated heterocycles. The minimum atomic E-state index is -1.41. The molecule has 3 aromatic carbocycles. The Hall–Kier alpha value is -4.12. The lowest BCUT2D eigenvalue weighted by Crippen LogP contribution is -2.52. The maximum absolute atomic E-state index is 15.3. The first-order valence-corrected chi connectivity index (χ1v) is 13.6. The van der Waals surface area contributed by atoms with Gasteiger partial charge in [-0.2, -0.15) is 0 Å². The summed E-state index contributed by atoms with van der Waals surface area (Å²) in [5.41, 5.74) is -0.0531. The minimum absolute atomic E-state index is 0.0629. The number of rotatable bonds is 7. The molecule has 1 N–H and O–H groups in total. The Balaban J connectivity index is 1.40. The normalized spacial score (nSPS) is 16.3. The number of hydrogen-bond acceptors (Lipinski definition) is 5. The Labute approximate surface area is 240 Å². The number of carbonyl (C=O) groups is 2. The first-order valence-electron chi connectivity index (χ1n) is 13.6. The van der Waals surface area contributed by atoms with Gasteiger partial charge < -0.3 is 24.5 Å². The summed E-state index contributed by atoms with van der Waals surface area (Å²) < 4.78 is 62.6. The van der Waals surface area contributed by atoms with E-state index in [9.17, 15) is 27.9 Å². The van der Waals surface area contributed by atoms with Gasteiger partial charge >= 0.3 is 0 Å². The van der Waals surface area contributed by atoms with Crippen LogP contribution in [0.15, 0.2) is 48.5 Å². The fraction of sp³-hybridized carbons (Fsp3) is 0.355. The van der Waals surface area contributed by atoms with Gasteiger partial charge in [0, 0.05) is 49.8 Å². The Morgan fingerprint density at radius 2 is 1.60 bits per heavy atom. The third-order valence-corrected chi connectivity index (χ3v) is 7.98. The van der Waals surface area contributed by atoms with Crippen molar-refractivity contribution in [2.75, 3.05) is 41.4 Å². The SMILES string of the molecule is COc1ccc(CN2C(=O)CCc3c(N(CC4(O)CCN(c5c(F)cc(F)cc5F)CC4)C(C)=O)ccc(F)c32)cc1. The fourth-order valence-corrected chi connectivity index (χ4v) is 5.76. The summed E-state index contributed by atoms with van der Waals surface area (Å²) in [6, 6.07) is 11.0. The van der Waals surface area contributed by atoms with Crippen LogP contribution in [0.4, 0.5) is 34.6 Å². The first kappa shape index (κ1) is 29.4. The number of benzene rings is 3. The van der Waals surface area contributed by atoms with Crippen molar-refractivity contribution in [2.45, 2.75) is 44.8 Å². The second-order valence-electron chi connectivity index (χ2n) is 10.8. The molecule has 0 atom stereocenters. The molecular formula is C31H31F4N3O4. The van der Waals surface area contributed by atoms with E-state index in [1.807, 2.05) is 0 Å². The molecule has 0 unspecified atom stereocenters. The van der Waals surface area contributed by atoms with E-state index >= 15 is 4.39 Å². The van der Waals surface area contributed by atoms with Crippen molar-refractivity contribution in [1.29, 1.82) is 0 Å². The number of hydrogen-bond donors (Lipinski definition) is 1. The van der Waals surface area contributed by atoms with Crippen molar-refractivity contribution in [3.8, 4) is 5.75 Å². The minimum Gasteiger partial charge on any atom is -0.497 e. The van der Waals surface area contributed by atoms with Crippen LogP contribution in [-0.4, -0.2) is 49.3 Å². The summed E-state index contributed by atoms with van der Waals surface area (Å²) in [6.45, 7) is 1.43. The second-order valence-corrected chi connectivity index (χ2v) is 10.8. The molecule has 0 aliphatic carbocycles. The first-order chi connectivity index (χ1) is 20.0. The highest BCUT2D eigenvalue weighted by Crippen LogP contribution is 2.40. The summed E-state index contributed by atoms with van der Waals surface area (Å²) >= 11 is 0. The van der Waals surface area contributed by atoms with Crippen LogP contribution in [0.1, 0.15) is 37.3 Å². The number of amides is 2. The van der Waals surface area contributed by atoms with Crippen molar-refractivity contribution in [2.24, 2.45) is 0 Å². The van der Waals surface area contributed by atoms with Gasteiger partial charge in [-0.3, -0.25) is 9.59 Å². The Bertz CT molecular complexity index is 1480. The van der Waals surface area contributed by atoms with Crippen LogP contribution in [0.25, 0.3) is 0 Å². The number of fused-ring (bicyclic) bond motifs is 1. The van der Waals surface area contributed by atoms with E-state index in [-0.39, 0.29) is 69.1 Å². The average molecular weight is 586 g/mol. The standard InChI is InChI=1S/C31H31F4N3O4/c1-19(39)38(18-31(41)11-13-36(14-12-31)30-25(34)15-21(32)16-26(30)35)27-9-8-24(33)29-23(27)7-10-28(40)37(29)17-20-3-5-22(42-2)6-4-20/h3-6,8-9,15-16,41H,7,10-14,17-18H2,1-2H3. The molecule has 2 aliphatic heterocycles. The summed E-state index contributed by atoms with van der Waals surface area (Å²) in [7, 11) is 1.54. The molecule has 11 heteroatoms. The molecule has 7 nitrogen and oxygen atoms in total. The molecule has 3 aromatic rings. The topological polar surface area (TPSA) is 73.3 Å². The highest BCUT2D eigenvalue weighted by Gasteiger charge is 2.38. The van der Waals surface area contributed by atoms with Gasteiger partial charge in [0.05, 0.1) is 31.5 Å². The molecule has 222 valence electrons. The molecular weight excluding hydrogens is 554 g/mol. The van der Waals surface area contributed by atoms with Crippen molar-refractivity contribution < 1.29 is 37.0 Å². The lowest BCUT2D eigenvalue weighted by molar-refractivity contribution is -0.119. The third-order valence-electron chi connectivity index (χ3n) is 7.98. The zero-order valence-corrected chi connectivity index (χ0v) is 23.3. The Morgan fingerprint density at radius 3 is 2.19 bits per heavy atom. The quantitative estimate of drug-likeness (QED) is 0.390. The lowest BCUT2D eigenvalue weighted by Gasteiger charge is -2.42. The number of carbonyl (C=O) groups excluding carboxylic acids is 2. The van der Waals surface area contributed by atoms with E-state index < -0.39 is 34.8 Å². The van der Waals surface area contributed by atoms with Gasteiger partial charge in [-0.25, -0.2) is 17.6 Å². The smallest absolute Gasteiger partial charge is 0.227 e. The van der Waals surface area contributed by atoms with Gasteiger partial charge in [-0.15, -0.1) is 0 Å². The van der Waals surface area contributed by atoms with E-state index in [4.69, 9.17) is 4.74 Å². The van der Waals surface area contributed by atoms with E-state index in [0.717, 1.165) is 5.56 Å². The molecule has 2 aliphatic rings. The lowest BCUT2D eigenvalue weighted by atomic mass is 9.89. The predicted molar refractivity (Wildman–Crippen MR) is 150 cm³/mol.